The molecule has 0 heterocycles. The molecule has 2 aliphatic rings. The van der Waals surface area contributed by atoms with Gasteiger partial charge < -0.3 is 0 Å². The first kappa shape index (κ1) is 5.91. The third-order valence-electron chi connectivity index (χ3n) is 2.61. The maximum Gasteiger partial charge on any atom is 0.136 e. The van der Waals surface area contributed by atoms with Gasteiger partial charge in [-0.1, -0.05) is 0 Å². The average Bonchev–Trinajstić information content (AvgIpc) is 2.61. The van der Waals surface area contributed by atoms with Crippen molar-refractivity contribution < 1.29 is 4.79 Å². The van der Waals surface area contributed by atoms with Gasteiger partial charge in [-0.05, 0) is 18.8 Å². The van der Waals surface area contributed by atoms with Gasteiger partial charge in [0.25, 0.3) is 0 Å². The first-order valence-corrected chi connectivity index (χ1v) is 3.70. The zero-order chi connectivity index (χ0) is 7.19. The van der Waals surface area contributed by atoms with Crippen LogP contribution >= 0.6 is 0 Å². The highest BCUT2D eigenvalue weighted by molar-refractivity contribution is 5.87. The van der Waals surface area contributed by atoms with Crippen molar-refractivity contribution >= 4 is 5.78 Å². The summed E-state index contributed by atoms with van der Waals surface area (Å²) in [5.41, 5.74) is -0.197. The second-order valence-corrected chi connectivity index (χ2v) is 3.43. The predicted octanol–water partition coefficient (Wildman–Crippen LogP) is 1.27. The predicted molar refractivity (Wildman–Crippen MR) is 35.0 cm³/mol. The third kappa shape index (κ3) is 0.607. The Hall–Kier alpha value is -0.840. The fraction of sp³-hybridized carbons (Fsp3) is 0.750. The number of carbonyl (C=O) groups is 1. The van der Waals surface area contributed by atoms with Crippen LogP contribution in [-0.4, -0.2) is 5.78 Å². The molecule has 10 heavy (non-hydrogen) atoms. The third-order valence-corrected chi connectivity index (χ3v) is 2.61. The maximum absolute atomic E-state index is 10.7. The van der Waals surface area contributed by atoms with E-state index in [0.717, 1.165) is 0 Å². The first-order valence-electron chi connectivity index (χ1n) is 3.70. The Morgan fingerprint density at radius 2 is 2.10 bits per heavy atom. The summed E-state index contributed by atoms with van der Waals surface area (Å²) in [6.07, 6.45) is 3.41. The molecule has 0 bridgehead atoms. The summed E-state index contributed by atoms with van der Waals surface area (Å²) in [7, 11) is 0. The van der Waals surface area contributed by atoms with Gasteiger partial charge in [0.05, 0.1) is 11.5 Å². The van der Waals surface area contributed by atoms with E-state index in [-0.39, 0.29) is 11.2 Å². The smallest absolute Gasteiger partial charge is 0.136 e. The van der Waals surface area contributed by atoms with E-state index < -0.39 is 0 Å². The van der Waals surface area contributed by atoms with Crippen molar-refractivity contribution in [2.45, 2.75) is 25.7 Å². The van der Waals surface area contributed by atoms with Crippen LogP contribution in [0.4, 0.5) is 0 Å². The summed E-state index contributed by atoms with van der Waals surface area (Å²) in [5.74, 6) is 0.837. The molecule has 52 valence electrons. The molecule has 0 radical (unpaired) electrons. The Labute approximate surface area is 59.8 Å². The molecular formula is C8H9NO. The van der Waals surface area contributed by atoms with Crippen LogP contribution in [0.5, 0.6) is 0 Å². The van der Waals surface area contributed by atoms with E-state index in [1.807, 2.05) is 0 Å². The van der Waals surface area contributed by atoms with Crippen LogP contribution in [-0.2, 0) is 4.79 Å². The molecule has 2 fully saturated rings. The molecule has 2 rings (SSSR count). The molecule has 0 aromatic heterocycles. The fourth-order valence-electron chi connectivity index (χ4n) is 1.75. The lowest BCUT2D eigenvalue weighted by Crippen LogP contribution is -2.37. The monoisotopic (exact) mass is 135 g/mol. The number of rotatable bonds is 1. The van der Waals surface area contributed by atoms with Crippen molar-refractivity contribution in [3.8, 4) is 6.07 Å². The minimum absolute atomic E-state index is 0.197. The molecule has 0 N–H and O–H groups in total. The highest BCUT2D eigenvalue weighted by Gasteiger charge is 2.53. The van der Waals surface area contributed by atoms with E-state index in [1.54, 1.807) is 0 Å². The molecule has 0 unspecified atom stereocenters. The summed E-state index contributed by atoms with van der Waals surface area (Å²) in [6.45, 7) is 0. The molecule has 2 heteroatoms. The summed E-state index contributed by atoms with van der Waals surface area (Å²) in [5, 5.41) is 8.76. The number of ketones is 1. The maximum atomic E-state index is 10.7. The molecule has 0 atom stereocenters. The van der Waals surface area contributed by atoms with Crippen LogP contribution in [0, 0.1) is 22.7 Å². The van der Waals surface area contributed by atoms with Crippen molar-refractivity contribution in [2.24, 2.45) is 11.3 Å². The van der Waals surface area contributed by atoms with Gasteiger partial charge in [0, 0.05) is 12.8 Å². The van der Waals surface area contributed by atoms with Crippen molar-refractivity contribution in [3.63, 3.8) is 0 Å². The second-order valence-electron chi connectivity index (χ2n) is 3.43. The number of hydrogen-bond acceptors (Lipinski definition) is 2. The number of hydrogen-bond donors (Lipinski definition) is 0. The molecule has 0 amide bonds. The lowest BCUT2D eigenvalue weighted by Gasteiger charge is -2.33. The van der Waals surface area contributed by atoms with Crippen molar-refractivity contribution in [1.82, 2.24) is 0 Å². The number of nitrogens with zero attached hydrogens (tertiary/aromatic N) is 1. The van der Waals surface area contributed by atoms with Crippen molar-refractivity contribution in [1.29, 1.82) is 5.26 Å². The highest BCUT2D eigenvalue weighted by atomic mass is 16.1. The Morgan fingerprint density at radius 1 is 1.50 bits per heavy atom. The van der Waals surface area contributed by atoms with Crippen LogP contribution in [0.1, 0.15) is 25.7 Å². The highest BCUT2D eigenvalue weighted by Crippen LogP contribution is 2.54. The Morgan fingerprint density at radius 3 is 2.40 bits per heavy atom. The zero-order valence-corrected chi connectivity index (χ0v) is 5.76. The lowest BCUT2D eigenvalue weighted by molar-refractivity contribution is -0.130. The van der Waals surface area contributed by atoms with Gasteiger partial charge in [-0.15, -0.1) is 0 Å². The van der Waals surface area contributed by atoms with Crippen LogP contribution in [0.3, 0.4) is 0 Å². The van der Waals surface area contributed by atoms with Gasteiger partial charge in [0.2, 0.25) is 0 Å². The van der Waals surface area contributed by atoms with Gasteiger partial charge in [0.15, 0.2) is 0 Å². The second kappa shape index (κ2) is 1.60. The van der Waals surface area contributed by atoms with Crippen molar-refractivity contribution in [3.05, 3.63) is 0 Å². The average molecular weight is 135 g/mol. The van der Waals surface area contributed by atoms with Gasteiger partial charge in [-0.25, -0.2) is 0 Å². The Balaban J connectivity index is 2.12. The molecule has 0 spiro atoms. The molecule has 2 nitrogen and oxygen atoms in total. The minimum atomic E-state index is -0.197. The summed E-state index contributed by atoms with van der Waals surface area (Å²) < 4.78 is 0. The summed E-state index contributed by atoms with van der Waals surface area (Å²) in [4.78, 5) is 10.7. The normalized spacial score (nSPS) is 28.9. The topological polar surface area (TPSA) is 40.9 Å². The quantitative estimate of drug-likeness (QED) is 0.543. The van der Waals surface area contributed by atoms with Gasteiger partial charge in [-0.2, -0.15) is 5.26 Å². The molecule has 0 aliphatic heterocycles. The van der Waals surface area contributed by atoms with E-state index in [1.165, 1.54) is 12.8 Å². The van der Waals surface area contributed by atoms with Gasteiger partial charge >= 0.3 is 0 Å². The van der Waals surface area contributed by atoms with E-state index in [2.05, 4.69) is 6.07 Å². The molecule has 0 aromatic carbocycles. The summed E-state index contributed by atoms with van der Waals surface area (Å²) >= 11 is 0. The minimum Gasteiger partial charge on any atom is -0.300 e. The summed E-state index contributed by atoms with van der Waals surface area (Å²) in [6, 6.07) is 2.29. The van der Waals surface area contributed by atoms with Gasteiger partial charge in [-0.3, -0.25) is 4.79 Å². The molecule has 2 aliphatic carbocycles. The van der Waals surface area contributed by atoms with E-state index in [0.29, 0.717) is 18.8 Å². The van der Waals surface area contributed by atoms with E-state index >= 15 is 0 Å². The van der Waals surface area contributed by atoms with Crippen molar-refractivity contribution in [2.75, 3.05) is 0 Å². The SMILES string of the molecule is N#CC1(C2CC2)CC(=O)C1. The van der Waals surface area contributed by atoms with Crippen LogP contribution < -0.4 is 0 Å². The fourth-order valence-corrected chi connectivity index (χ4v) is 1.75. The zero-order valence-electron chi connectivity index (χ0n) is 5.76. The van der Waals surface area contributed by atoms with E-state index in [4.69, 9.17) is 5.26 Å². The Bertz CT molecular complexity index is 214. The molecule has 0 saturated heterocycles. The first-order chi connectivity index (χ1) is 4.77. The number of carbonyl (C=O) groups excluding carboxylic acids is 1. The Kier molecular flexibility index (Phi) is 0.947. The lowest BCUT2D eigenvalue weighted by atomic mass is 9.65. The van der Waals surface area contributed by atoms with Crippen LogP contribution in [0.15, 0.2) is 0 Å². The van der Waals surface area contributed by atoms with Gasteiger partial charge in [0.1, 0.15) is 5.78 Å². The number of Topliss-reactive ketones (excluding diaryl/α,β-unsaturated/α-hetero) is 1. The standard InChI is InChI=1S/C8H9NO/c9-5-8(6-1-2-6)3-7(10)4-8/h6H,1-4H2. The van der Waals surface area contributed by atoms with E-state index in [9.17, 15) is 4.79 Å². The molecular weight excluding hydrogens is 126 g/mol. The molecule has 2 saturated carbocycles. The largest absolute Gasteiger partial charge is 0.300 e. The van der Waals surface area contributed by atoms with Crippen LogP contribution in [0.2, 0.25) is 0 Å². The molecule has 0 aromatic rings. The number of nitriles is 1. The van der Waals surface area contributed by atoms with Crippen LogP contribution in [0.25, 0.3) is 0 Å².